The van der Waals surface area contributed by atoms with Gasteiger partial charge in [-0.15, -0.1) is 0 Å². The highest BCUT2D eigenvalue weighted by Gasteiger charge is 2.21. The second-order valence-corrected chi connectivity index (χ2v) is 12.3. The minimum absolute atomic E-state index is 0.563. The van der Waals surface area contributed by atoms with Crippen molar-refractivity contribution in [3.63, 3.8) is 0 Å². The molecule has 12 rings (SSSR count). The van der Waals surface area contributed by atoms with Crippen LogP contribution in [0, 0.1) is 0 Å². The van der Waals surface area contributed by atoms with E-state index < -0.39 is 316 Å². The summed E-state index contributed by atoms with van der Waals surface area (Å²) in [7, 11) is 0. The molecule has 0 bridgehead atoms. The Morgan fingerprint density at radius 2 is 0.702 bits per heavy atom. The van der Waals surface area contributed by atoms with Gasteiger partial charge in [-0.2, -0.15) is 0 Å². The van der Waals surface area contributed by atoms with E-state index in [0.29, 0.717) is 13.7 Å². The van der Waals surface area contributed by atoms with E-state index in [-0.39, 0.29) is 0 Å². The largest absolute Gasteiger partial charge is 0.309 e. The molecular weight excluding hydrogens is 691 g/mol. The lowest BCUT2D eigenvalue weighted by Crippen LogP contribution is -2.01. The van der Waals surface area contributed by atoms with E-state index in [9.17, 15) is 24.7 Å². The molecule has 0 radical (unpaired) electrons. The maximum Gasteiger partial charge on any atom is 0.0782 e. The zero-order chi connectivity index (χ0) is 67.9. The van der Waals surface area contributed by atoms with Crippen LogP contribution in [0.3, 0.4) is 0 Å². The van der Waals surface area contributed by atoms with Crippen molar-refractivity contribution in [3.05, 3.63) is 211 Å². The van der Waals surface area contributed by atoms with E-state index in [1.54, 1.807) is 0 Å². The third-order valence-electron chi connectivity index (χ3n) is 9.28. The number of para-hydroxylation sites is 5. The van der Waals surface area contributed by atoms with E-state index in [2.05, 4.69) is 0 Å². The van der Waals surface area contributed by atoms with Gasteiger partial charge in [0.25, 0.3) is 0 Å². The summed E-state index contributed by atoms with van der Waals surface area (Å²) in [5.41, 5.74) is -11.6. The normalized spacial score (nSPS) is 20.5. The summed E-state index contributed by atoms with van der Waals surface area (Å²) >= 11 is 0. The Bertz CT molecular complexity index is 5480. The van der Waals surface area contributed by atoms with Gasteiger partial charge in [0.05, 0.1) is 86.8 Å². The molecule has 3 nitrogen and oxygen atoms in total. The molecule has 57 heavy (non-hydrogen) atoms. The lowest BCUT2D eigenvalue weighted by molar-refractivity contribution is 1.12. The number of aromatic nitrogens is 3. The molecule has 0 spiro atoms. The first-order chi connectivity index (χ1) is 42.9. The molecular formula is C54H35N3. The predicted molar refractivity (Wildman–Crippen MR) is 240 cm³/mol. The molecule has 0 amide bonds. The third-order valence-corrected chi connectivity index (χ3v) is 9.28. The average Bonchev–Trinajstić information content (AvgIpc) is 1.51. The predicted octanol–water partition coefficient (Wildman–Crippen LogP) is 14.3. The van der Waals surface area contributed by atoms with Crippen LogP contribution in [-0.4, -0.2) is 13.7 Å². The van der Waals surface area contributed by atoms with Crippen LogP contribution in [0.2, 0.25) is 0 Å². The highest BCUT2D eigenvalue weighted by Crippen LogP contribution is 2.41. The van der Waals surface area contributed by atoms with Gasteiger partial charge in [-0.25, -0.2) is 0 Å². The molecule has 9 aromatic carbocycles. The van der Waals surface area contributed by atoms with Crippen LogP contribution in [0.25, 0.3) is 105 Å². The minimum atomic E-state index is -1.26. The van der Waals surface area contributed by atoms with Gasteiger partial charge in [0.1, 0.15) is 0 Å². The van der Waals surface area contributed by atoms with Gasteiger partial charge in [0.15, 0.2) is 0 Å². The van der Waals surface area contributed by atoms with Gasteiger partial charge in [-0.3, -0.25) is 0 Å². The molecule has 0 N–H and O–H groups in total. The van der Waals surface area contributed by atoms with Crippen LogP contribution < -0.4 is 0 Å². The van der Waals surface area contributed by atoms with Gasteiger partial charge in [-0.1, -0.05) is 151 Å². The van der Waals surface area contributed by atoms with Crippen LogP contribution in [-0.2, 0) is 0 Å². The first-order valence-electron chi connectivity index (χ1n) is 34.3. The fourth-order valence-electron chi connectivity index (χ4n) is 6.96. The van der Waals surface area contributed by atoms with Crippen molar-refractivity contribution in [3.8, 4) is 39.3 Å². The summed E-state index contributed by atoms with van der Waals surface area (Å²) in [6.45, 7) is 0. The first kappa shape index (κ1) is 12.7. The van der Waals surface area contributed by atoms with E-state index in [4.69, 9.17) is 23.3 Å². The first-order valence-corrected chi connectivity index (χ1v) is 16.8. The van der Waals surface area contributed by atoms with Crippen molar-refractivity contribution in [2.45, 2.75) is 0 Å². The van der Waals surface area contributed by atoms with Gasteiger partial charge < -0.3 is 13.7 Å². The molecule has 0 saturated heterocycles. The van der Waals surface area contributed by atoms with Crippen LogP contribution in [0.4, 0.5) is 0 Å². The van der Waals surface area contributed by atoms with Gasteiger partial charge in [-0.05, 0) is 82.7 Å². The van der Waals surface area contributed by atoms with Crippen LogP contribution >= 0.6 is 0 Å². The van der Waals surface area contributed by atoms with E-state index in [1.807, 2.05) is 0 Å². The molecule has 3 heterocycles. The Morgan fingerprint density at radius 1 is 0.263 bits per heavy atom. The highest BCUT2D eigenvalue weighted by molar-refractivity contribution is 6.16. The van der Waals surface area contributed by atoms with Gasteiger partial charge in [0, 0.05) is 43.7 Å². The summed E-state index contributed by atoms with van der Waals surface area (Å²) in [6, 6.07) is -36.4. The SMILES string of the molecule is [2H]c1c([2H])c([2H])c(-c2c([2H])c([2H])c([2H])c(-c3c([2H])c([2H])c([2H])c(-n4c5c([2H])c([2H])c([2H])c([2H])c5c5c([2H])c([2H])c([2H])c(-n6c7c([2H])c([2H])c([2H])c([2H])c7c7c([2H])c([2H])c(-n8c9c([2H])c([2H])c([2H])c([2H])c9c9c([2H])c([2H])c([2H])c([2H])c98)c([2H])c76)c54)c3[2H])c2[2H])c([2H])c1[2H]. The van der Waals surface area contributed by atoms with Crippen molar-refractivity contribution in [2.24, 2.45) is 0 Å². The topological polar surface area (TPSA) is 14.8 Å². The third kappa shape index (κ3) is 4.79. The van der Waals surface area contributed by atoms with Crippen molar-refractivity contribution in [2.75, 3.05) is 0 Å². The molecule has 0 saturated carbocycles. The zero-order valence-corrected chi connectivity index (χ0v) is 28.3. The number of benzene rings is 9. The van der Waals surface area contributed by atoms with Crippen molar-refractivity contribution in [1.29, 1.82) is 0 Å². The Kier molecular flexibility index (Phi) is 2.78. The molecule has 3 heteroatoms. The molecule has 3 aromatic heterocycles. The number of fused-ring (bicyclic) bond motifs is 9. The molecule has 0 fully saturated rings. The second kappa shape index (κ2) is 12.5. The summed E-state index contributed by atoms with van der Waals surface area (Å²) in [6.07, 6.45) is 0. The van der Waals surface area contributed by atoms with Crippen molar-refractivity contribution in [1.82, 2.24) is 13.7 Å². The Hall–Kier alpha value is -7.62. The molecule has 266 valence electrons. The molecule has 0 unspecified atom stereocenters. The monoisotopic (exact) mass is 761 g/mol. The molecule has 0 aliphatic carbocycles. The van der Waals surface area contributed by atoms with E-state index in [1.165, 1.54) is 0 Å². The quantitative estimate of drug-likeness (QED) is 0.166. The Labute approximate surface area is 378 Å². The van der Waals surface area contributed by atoms with Gasteiger partial charge in [0.2, 0.25) is 0 Å². The van der Waals surface area contributed by atoms with E-state index in [0.717, 1.165) is 0 Å². The van der Waals surface area contributed by atoms with Crippen LogP contribution in [0.15, 0.2) is 211 Å². The Morgan fingerprint density at radius 3 is 1.37 bits per heavy atom. The maximum atomic E-state index is 10.4. The van der Waals surface area contributed by atoms with E-state index >= 15 is 0 Å². The van der Waals surface area contributed by atoms with Crippen LogP contribution in [0.5, 0.6) is 0 Å². The fraction of sp³-hybridized carbons (Fsp3) is 0. The van der Waals surface area contributed by atoms with Crippen molar-refractivity contribution >= 4 is 65.4 Å². The average molecular weight is 761 g/mol. The Balaban J connectivity index is 1.37. The highest BCUT2D eigenvalue weighted by atomic mass is 15.1. The van der Waals surface area contributed by atoms with Crippen LogP contribution in [0.1, 0.15) is 48.0 Å². The molecule has 12 aromatic rings. The number of hydrogen-bond acceptors (Lipinski definition) is 0. The summed E-state index contributed by atoms with van der Waals surface area (Å²) < 4.78 is 323. The summed E-state index contributed by atoms with van der Waals surface area (Å²) in [5, 5.41) is -4.11. The number of nitrogens with zero attached hydrogens (tertiary/aromatic N) is 3. The lowest BCUT2D eigenvalue weighted by atomic mass is 9.99. The molecule has 0 atom stereocenters. The minimum Gasteiger partial charge on any atom is -0.309 e. The van der Waals surface area contributed by atoms with Crippen molar-refractivity contribution < 1.29 is 48.0 Å². The second-order valence-electron chi connectivity index (χ2n) is 12.3. The zero-order valence-electron chi connectivity index (χ0n) is 63.3. The smallest absolute Gasteiger partial charge is 0.0782 e. The standard InChI is InChI=1S/C54H35N3/c1-2-15-36(16-3-1)37-17-12-18-38(33-37)39-19-13-20-40(34-39)56-50-28-10-7-24-45(50)47-25-14-30-52(54(47)56)57-51-29-11-6-23-44(51)46-32-31-41(35-53(46)57)55-48-26-8-4-21-42(48)43-22-5-9-27-49(43)55/h1-35H/i1D,2D,3D,4D,5D,6D,7D,8D,9D,10D,11D,12D,13D,14D,15D,16D,17D,18D,19D,20D,21D,22D,23D,24D,25D,26D,27D,28D,29D,30D,31D,32D,33D,34D,35D. The lowest BCUT2D eigenvalue weighted by Gasteiger charge is -2.16. The fourth-order valence-corrected chi connectivity index (χ4v) is 6.96. The number of hydrogen-bond donors (Lipinski definition) is 0. The summed E-state index contributed by atoms with van der Waals surface area (Å²) in [5.74, 6) is 0. The molecule has 0 aliphatic rings. The molecule has 0 aliphatic heterocycles. The van der Waals surface area contributed by atoms with Gasteiger partial charge >= 0.3 is 0 Å². The maximum absolute atomic E-state index is 10.4. The summed E-state index contributed by atoms with van der Waals surface area (Å²) in [4.78, 5) is 0. The number of rotatable bonds is 5.